The Balaban J connectivity index is 1.47. The predicted octanol–water partition coefficient (Wildman–Crippen LogP) is 3.74. The number of hydrogen-bond donors (Lipinski definition) is 1. The van der Waals surface area contributed by atoms with Crippen LogP contribution >= 0.6 is 0 Å². The van der Waals surface area contributed by atoms with E-state index >= 15 is 0 Å². The summed E-state index contributed by atoms with van der Waals surface area (Å²) < 4.78 is 0. The van der Waals surface area contributed by atoms with Crippen molar-refractivity contribution >= 4 is 23.4 Å². The summed E-state index contributed by atoms with van der Waals surface area (Å²) in [6, 6.07) is 16.2. The van der Waals surface area contributed by atoms with E-state index in [0.717, 1.165) is 24.0 Å². The van der Waals surface area contributed by atoms with Crippen LogP contribution in [0.3, 0.4) is 0 Å². The van der Waals surface area contributed by atoms with Crippen molar-refractivity contribution in [2.75, 3.05) is 5.32 Å². The number of fused-ring (bicyclic) bond motifs is 1. The van der Waals surface area contributed by atoms with Gasteiger partial charge in [-0.05, 0) is 54.9 Å². The number of allylic oxidation sites excluding steroid dienone is 2. The van der Waals surface area contributed by atoms with E-state index in [0.29, 0.717) is 12.1 Å². The van der Waals surface area contributed by atoms with Gasteiger partial charge in [0.1, 0.15) is 6.04 Å². The molecule has 2 aromatic rings. The Hall–Kier alpha value is -3.21. The Morgan fingerprint density at radius 3 is 2.19 bits per heavy atom. The van der Waals surface area contributed by atoms with Gasteiger partial charge >= 0.3 is 0 Å². The molecule has 2 aromatic carbocycles. The second kappa shape index (κ2) is 7.80. The van der Waals surface area contributed by atoms with Crippen LogP contribution < -0.4 is 5.32 Å². The van der Waals surface area contributed by atoms with E-state index in [4.69, 9.17) is 0 Å². The molecule has 0 spiro atoms. The fraction of sp³-hybridized carbons (Fsp3) is 0.346. The molecular formula is C26H26N2O3. The molecule has 5 atom stereocenters. The molecule has 31 heavy (non-hydrogen) atoms. The molecule has 1 N–H and O–H groups in total. The zero-order valence-electron chi connectivity index (χ0n) is 17.5. The number of imide groups is 1. The minimum absolute atomic E-state index is 0.105. The summed E-state index contributed by atoms with van der Waals surface area (Å²) in [5, 5.41) is 2.94. The number of carbonyl (C=O) groups excluding carboxylic acids is 3. The number of rotatable bonds is 5. The summed E-state index contributed by atoms with van der Waals surface area (Å²) >= 11 is 0. The number of carbonyl (C=O) groups is 3. The van der Waals surface area contributed by atoms with Crippen LogP contribution in [0.4, 0.5) is 5.69 Å². The summed E-state index contributed by atoms with van der Waals surface area (Å²) in [4.78, 5) is 41.6. The third-order valence-corrected chi connectivity index (χ3v) is 6.97. The van der Waals surface area contributed by atoms with Crippen LogP contribution in [-0.2, 0) is 20.8 Å². The number of nitrogens with zero attached hydrogens (tertiary/aromatic N) is 1. The number of likely N-dealkylation sites (tertiary alicyclic amines) is 1. The zero-order valence-corrected chi connectivity index (χ0v) is 17.5. The first-order chi connectivity index (χ1) is 15.0. The highest BCUT2D eigenvalue weighted by Gasteiger charge is 2.58. The zero-order chi connectivity index (χ0) is 21.5. The van der Waals surface area contributed by atoms with Crippen molar-refractivity contribution < 1.29 is 14.4 Å². The van der Waals surface area contributed by atoms with E-state index in [-0.39, 0.29) is 41.4 Å². The lowest BCUT2D eigenvalue weighted by Crippen LogP contribution is -2.49. The lowest BCUT2D eigenvalue weighted by atomic mass is 9.63. The van der Waals surface area contributed by atoms with Crippen LogP contribution in [0.5, 0.6) is 0 Å². The molecule has 4 aliphatic rings. The van der Waals surface area contributed by atoms with Crippen molar-refractivity contribution in [3.63, 3.8) is 0 Å². The molecule has 1 heterocycles. The molecule has 2 bridgehead atoms. The van der Waals surface area contributed by atoms with Gasteiger partial charge in [-0.25, -0.2) is 0 Å². The van der Waals surface area contributed by atoms with Gasteiger partial charge in [0.25, 0.3) is 0 Å². The highest BCUT2D eigenvalue weighted by Crippen LogP contribution is 2.50. The Morgan fingerprint density at radius 2 is 1.61 bits per heavy atom. The van der Waals surface area contributed by atoms with Gasteiger partial charge < -0.3 is 5.32 Å². The number of nitrogens with one attached hydrogen (secondary N) is 1. The van der Waals surface area contributed by atoms with E-state index in [9.17, 15) is 14.4 Å². The summed E-state index contributed by atoms with van der Waals surface area (Å²) in [6.07, 6.45) is 6.38. The molecule has 0 aromatic heterocycles. The maximum Gasteiger partial charge on any atom is 0.248 e. The standard InChI is InChI=1S/C26H26N2O3/c1-16-6-5-9-20(14-16)27-24(29)21(15-17-7-3-2-4-8-17)28-25(30)22-18-10-11-19(13-12-18)23(22)26(28)31/h2-11,14,18-19,21-23H,12-13,15H2,1H3,(H,27,29)/t18-,19-,21-,22-,23+/m0/s1. The summed E-state index contributed by atoms with van der Waals surface area (Å²) in [7, 11) is 0. The number of amides is 3. The third-order valence-electron chi connectivity index (χ3n) is 6.97. The van der Waals surface area contributed by atoms with Crippen LogP contribution in [0.2, 0.25) is 0 Å². The largest absolute Gasteiger partial charge is 0.324 e. The van der Waals surface area contributed by atoms with E-state index in [1.54, 1.807) is 0 Å². The van der Waals surface area contributed by atoms with Gasteiger partial charge in [-0.2, -0.15) is 0 Å². The van der Waals surface area contributed by atoms with Crippen LogP contribution in [0.1, 0.15) is 24.0 Å². The molecule has 1 saturated heterocycles. The molecule has 5 nitrogen and oxygen atoms in total. The molecule has 0 radical (unpaired) electrons. The van der Waals surface area contributed by atoms with Crippen LogP contribution in [0.25, 0.3) is 0 Å². The Labute approximate surface area is 182 Å². The average Bonchev–Trinajstić information content (AvgIpc) is 3.06. The van der Waals surface area contributed by atoms with Crippen LogP contribution in [0, 0.1) is 30.6 Å². The molecule has 1 saturated carbocycles. The fourth-order valence-corrected chi connectivity index (χ4v) is 5.49. The number of aryl methyl sites for hydroxylation is 1. The Bertz CT molecular complexity index is 1030. The summed E-state index contributed by atoms with van der Waals surface area (Å²) in [5.74, 6) is -1.12. The van der Waals surface area contributed by atoms with Gasteiger partial charge in [-0.1, -0.05) is 54.6 Å². The lowest BCUT2D eigenvalue weighted by Gasteiger charge is -2.38. The molecule has 2 fully saturated rings. The van der Waals surface area contributed by atoms with E-state index in [1.807, 2.05) is 61.5 Å². The maximum atomic E-state index is 13.5. The van der Waals surface area contributed by atoms with E-state index in [1.165, 1.54) is 4.90 Å². The molecule has 5 heteroatoms. The van der Waals surface area contributed by atoms with Gasteiger partial charge in [0.2, 0.25) is 17.7 Å². The minimum atomic E-state index is -0.868. The molecule has 158 valence electrons. The number of benzene rings is 2. The second-order valence-corrected chi connectivity index (χ2v) is 8.95. The molecule has 6 rings (SSSR count). The first-order valence-corrected chi connectivity index (χ1v) is 11.0. The van der Waals surface area contributed by atoms with E-state index < -0.39 is 6.04 Å². The first kappa shape index (κ1) is 19.7. The van der Waals surface area contributed by atoms with Crippen molar-refractivity contribution in [2.45, 2.75) is 32.2 Å². The molecule has 1 aliphatic heterocycles. The molecular weight excluding hydrogens is 388 g/mol. The van der Waals surface area contributed by atoms with Gasteiger partial charge in [0.05, 0.1) is 11.8 Å². The number of hydrogen-bond acceptors (Lipinski definition) is 3. The Morgan fingerprint density at radius 1 is 0.968 bits per heavy atom. The van der Waals surface area contributed by atoms with Crippen molar-refractivity contribution in [3.8, 4) is 0 Å². The van der Waals surface area contributed by atoms with Gasteiger partial charge in [0, 0.05) is 12.1 Å². The highest BCUT2D eigenvalue weighted by molar-refractivity contribution is 6.10. The van der Waals surface area contributed by atoms with Crippen molar-refractivity contribution in [1.82, 2.24) is 4.90 Å². The first-order valence-electron chi connectivity index (χ1n) is 11.0. The monoisotopic (exact) mass is 414 g/mol. The maximum absolute atomic E-state index is 13.5. The average molecular weight is 415 g/mol. The second-order valence-electron chi connectivity index (χ2n) is 8.95. The SMILES string of the molecule is Cc1cccc(NC(=O)[C@H](Cc2ccccc2)N2C(=O)[C@@H]3[C@H](C2=O)[C@H]2C=C[C@H]3CC2)c1. The fourth-order valence-electron chi connectivity index (χ4n) is 5.49. The van der Waals surface area contributed by atoms with Crippen LogP contribution in [0.15, 0.2) is 66.7 Å². The summed E-state index contributed by atoms with van der Waals surface area (Å²) in [6.45, 7) is 1.96. The van der Waals surface area contributed by atoms with Crippen molar-refractivity contribution in [1.29, 1.82) is 0 Å². The smallest absolute Gasteiger partial charge is 0.248 e. The molecule has 3 amide bonds. The quantitative estimate of drug-likeness (QED) is 0.599. The van der Waals surface area contributed by atoms with Gasteiger partial charge in [-0.15, -0.1) is 0 Å². The minimum Gasteiger partial charge on any atom is -0.324 e. The summed E-state index contributed by atoms with van der Waals surface area (Å²) in [5.41, 5.74) is 2.61. The van der Waals surface area contributed by atoms with Crippen molar-refractivity contribution in [3.05, 3.63) is 77.9 Å². The normalized spacial score (nSPS) is 27.3. The van der Waals surface area contributed by atoms with Gasteiger partial charge in [0.15, 0.2) is 0 Å². The molecule has 0 unspecified atom stereocenters. The molecule has 3 aliphatic carbocycles. The number of anilines is 1. The predicted molar refractivity (Wildman–Crippen MR) is 118 cm³/mol. The van der Waals surface area contributed by atoms with Crippen LogP contribution in [-0.4, -0.2) is 28.7 Å². The van der Waals surface area contributed by atoms with Crippen molar-refractivity contribution in [2.24, 2.45) is 23.7 Å². The highest BCUT2D eigenvalue weighted by atomic mass is 16.2. The third kappa shape index (κ3) is 3.48. The van der Waals surface area contributed by atoms with E-state index in [2.05, 4.69) is 17.5 Å². The lowest BCUT2D eigenvalue weighted by molar-refractivity contribution is -0.146. The van der Waals surface area contributed by atoms with Gasteiger partial charge in [-0.3, -0.25) is 19.3 Å². The Kier molecular flexibility index (Phi) is 4.97. The topological polar surface area (TPSA) is 66.5 Å².